The second-order valence-electron chi connectivity index (χ2n) is 7.31. The number of aromatic nitrogens is 1. The molecule has 2 heterocycles. The summed E-state index contributed by atoms with van der Waals surface area (Å²) < 4.78 is 0. The fourth-order valence-corrected chi connectivity index (χ4v) is 3.30. The standard InChI is InChI=1S/C18H26N2/c1-18(2,3)14-7-8-17-16(11-14)13(12-19-17)10-15-6-5-9-20(15)4/h7-8,11-12,15,19H,5-6,9-10H2,1-4H3/t15-/m1/s1. The van der Waals surface area contributed by atoms with Crippen molar-refractivity contribution in [2.45, 2.75) is 51.5 Å². The lowest BCUT2D eigenvalue weighted by Crippen LogP contribution is -2.26. The lowest BCUT2D eigenvalue weighted by molar-refractivity contribution is 0.310. The summed E-state index contributed by atoms with van der Waals surface area (Å²) >= 11 is 0. The number of hydrogen-bond donors (Lipinski definition) is 1. The van der Waals surface area contributed by atoms with Crippen LogP contribution in [0.1, 0.15) is 44.7 Å². The Labute approximate surface area is 122 Å². The first-order chi connectivity index (χ1) is 9.45. The monoisotopic (exact) mass is 270 g/mol. The number of nitrogens with zero attached hydrogens (tertiary/aromatic N) is 1. The van der Waals surface area contributed by atoms with Gasteiger partial charge in [-0.1, -0.05) is 26.8 Å². The van der Waals surface area contributed by atoms with Gasteiger partial charge in [-0.05, 0) is 61.5 Å². The van der Waals surface area contributed by atoms with Gasteiger partial charge in [0.05, 0.1) is 0 Å². The lowest BCUT2D eigenvalue weighted by Gasteiger charge is -2.20. The largest absolute Gasteiger partial charge is 0.361 e. The average molecular weight is 270 g/mol. The fraction of sp³-hybridized carbons (Fsp3) is 0.556. The zero-order valence-corrected chi connectivity index (χ0v) is 13.2. The molecule has 1 saturated heterocycles. The molecule has 1 atom stereocenters. The van der Waals surface area contributed by atoms with Crippen LogP contribution < -0.4 is 0 Å². The summed E-state index contributed by atoms with van der Waals surface area (Å²) in [6.45, 7) is 8.10. The van der Waals surface area contributed by atoms with E-state index in [-0.39, 0.29) is 5.41 Å². The van der Waals surface area contributed by atoms with Crippen LogP contribution in [-0.4, -0.2) is 29.5 Å². The summed E-state index contributed by atoms with van der Waals surface area (Å²) in [5.74, 6) is 0. The van der Waals surface area contributed by atoms with Crippen molar-refractivity contribution in [3.8, 4) is 0 Å². The summed E-state index contributed by atoms with van der Waals surface area (Å²) in [6, 6.07) is 7.59. The number of benzene rings is 1. The van der Waals surface area contributed by atoms with Crippen molar-refractivity contribution in [1.82, 2.24) is 9.88 Å². The number of H-pyrrole nitrogens is 1. The molecule has 0 unspecified atom stereocenters. The number of nitrogens with one attached hydrogen (secondary N) is 1. The van der Waals surface area contributed by atoms with Crippen molar-refractivity contribution < 1.29 is 0 Å². The molecular formula is C18H26N2. The van der Waals surface area contributed by atoms with Crippen LogP contribution in [0.4, 0.5) is 0 Å². The Balaban J connectivity index is 1.95. The molecule has 1 aliphatic rings. The quantitative estimate of drug-likeness (QED) is 0.870. The molecule has 0 aliphatic carbocycles. The van der Waals surface area contributed by atoms with Crippen LogP contribution in [0, 0.1) is 0 Å². The summed E-state index contributed by atoms with van der Waals surface area (Å²) in [6.07, 6.45) is 6.06. The van der Waals surface area contributed by atoms with E-state index in [1.54, 1.807) is 0 Å². The topological polar surface area (TPSA) is 19.0 Å². The fourth-order valence-electron chi connectivity index (χ4n) is 3.30. The van der Waals surface area contributed by atoms with Crippen molar-refractivity contribution in [3.05, 3.63) is 35.5 Å². The van der Waals surface area contributed by atoms with E-state index in [4.69, 9.17) is 0 Å². The number of aromatic amines is 1. The molecule has 3 rings (SSSR count). The average Bonchev–Trinajstić information content (AvgIpc) is 2.96. The van der Waals surface area contributed by atoms with Gasteiger partial charge in [0.15, 0.2) is 0 Å². The van der Waals surface area contributed by atoms with Crippen LogP contribution in [0.5, 0.6) is 0 Å². The van der Waals surface area contributed by atoms with E-state index in [2.05, 4.69) is 62.1 Å². The summed E-state index contributed by atoms with van der Waals surface area (Å²) in [4.78, 5) is 5.94. The molecule has 0 radical (unpaired) electrons. The maximum Gasteiger partial charge on any atom is 0.0457 e. The lowest BCUT2D eigenvalue weighted by atomic mass is 9.86. The van der Waals surface area contributed by atoms with E-state index in [9.17, 15) is 0 Å². The molecule has 0 spiro atoms. The first-order valence-electron chi connectivity index (χ1n) is 7.76. The Morgan fingerprint density at radius 3 is 2.75 bits per heavy atom. The van der Waals surface area contributed by atoms with Gasteiger partial charge in [-0.25, -0.2) is 0 Å². The molecule has 1 fully saturated rings. The molecule has 2 heteroatoms. The van der Waals surface area contributed by atoms with Crippen LogP contribution in [0.3, 0.4) is 0 Å². The van der Waals surface area contributed by atoms with Crippen LogP contribution in [0.2, 0.25) is 0 Å². The Bertz CT molecular complexity index is 603. The first-order valence-corrected chi connectivity index (χ1v) is 7.76. The molecule has 2 aromatic rings. The zero-order chi connectivity index (χ0) is 14.3. The molecule has 0 bridgehead atoms. The maximum atomic E-state index is 3.44. The Kier molecular flexibility index (Phi) is 3.37. The Morgan fingerprint density at radius 2 is 2.10 bits per heavy atom. The van der Waals surface area contributed by atoms with Gasteiger partial charge in [-0.15, -0.1) is 0 Å². The molecule has 1 aromatic heterocycles. The van der Waals surface area contributed by atoms with E-state index < -0.39 is 0 Å². The van der Waals surface area contributed by atoms with Crippen molar-refractivity contribution in [2.24, 2.45) is 0 Å². The molecule has 108 valence electrons. The summed E-state index contributed by atoms with van der Waals surface area (Å²) in [5, 5.41) is 1.41. The third-order valence-electron chi connectivity index (χ3n) is 4.76. The third-order valence-corrected chi connectivity index (χ3v) is 4.76. The highest BCUT2D eigenvalue weighted by Gasteiger charge is 2.22. The molecule has 0 amide bonds. The summed E-state index contributed by atoms with van der Waals surface area (Å²) in [5.41, 5.74) is 4.39. The number of likely N-dealkylation sites (N-methyl/N-ethyl adjacent to an activating group) is 1. The SMILES string of the molecule is CN1CCC[C@@H]1Cc1c[nH]c2ccc(C(C)(C)C)cc12. The zero-order valence-electron chi connectivity index (χ0n) is 13.2. The highest BCUT2D eigenvalue weighted by molar-refractivity contribution is 5.84. The predicted molar refractivity (Wildman–Crippen MR) is 86.4 cm³/mol. The van der Waals surface area contributed by atoms with E-state index in [0.717, 1.165) is 0 Å². The van der Waals surface area contributed by atoms with Gasteiger partial charge in [0.2, 0.25) is 0 Å². The van der Waals surface area contributed by atoms with Crippen LogP contribution >= 0.6 is 0 Å². The minimum atomic E-state index is 0.215. The molecule has 0 saturated carbocycles. The van der Waals surface area contributed by atoms with Crippen LogP contribution in [0.25, 0.3) is 10.9 Å². The molecule has 1 aliphatic heterocycles. The van der Waals surface area contributed by atoms with Gasteiger partial charge in [0, 0.05) is 23.1 Å². The normalized spacial score (nSPS) is 20.9. The van der Waals surface area contributed by atoms with Gasteiger partial charge in [0.1, 0.15) is 0 Å². The van der Waals surface area contributed by atoms with Crippen molar-refractivity contribution >= 4 is 10.9 Å². The van der Waals surface area contributed by atoms with E-state index >= 15 is 0 Å². The van der Waals surface area contributed by atoms with Gasteiger partial charge >= 0.3 is 0 Å². The van der Waals surface area contributed by atoms with Gasteiger partial charge in [-0.2, -0.15) is 0 Å². The van der Waals surface area contributed by atoms with Crippen molar-refractivity contribution in [1.29, 1.82) is 0 Å². The Morgan fingerprint density at radius 1 is 1.30 bits per heavy atom. The van der Waals surface area contributed by atoms with Crippen LogP contribution in [0.15, 0.2) is 24.4 Å². The molecule has 1 N–H and O–H groups in total. The molecule has 2 nitrogen and oxygen atoms in total. The number of likely N-dealkylation sites (tertiary alicyclic amines) is 1. The number of rotatable bonds is 2. The van der Waals surface area contributed by atoms with Gasteiger partial charge in [-0.3, -0.25) is 0 Å². The second-order valence-corrected chi connectivity index (χ2v) is 7.31. The van der Waals surface area contributed by atoms with Crippen LogP contribution in [-0.2, 0) is 11.8 Å². The highest BCUT2D eigenvalue weighted by atomic mass is 15.1. The number of hydrogen-bond acceptors (Lipinski definition) is 1. The third kappa shape index (κ3) is 2.49. The predicted octanol–water partition coefficient (Wildman–Crippen LogP) is 4.10. The maximum absolute atomic E-state index is 3.44. The van der Waals surface area contributed by atoms with E-state index in [0.29, 0.717) is 6.04 Å². The minimum absolute atomic E-state index is 0.215. The summed E-state index contributed by atoms with van der Waals surface area (Å²) in [7, 11) is 2.26. The smallest absolute Gasteiger partial charge is 0.0457 e. The van der Waals surface area contributed by atoms with Gasteiger partial charge < -0.3 is 9.88 Å². The van der Waals surface area contributed by atoms with Gasteiger partial charge in [0.25, 0.3) is 0 Å². The second kappa shape index (κ2) is 4.92. The highest BCUT2D eigenvalue weighted by Crippen LogP contribution is 2.29. The van der Waals surface area contributed by atoms with E-state index in [1.165, 1.54) is 47.8 Å². The first kappa shape index (κ1) is 13.7. The van der Waals surface area contributed by atoms with Crippen molar-refractivity contribution in [2.75, 3.05) is 13.6 Å². The Hall–Kier alpha value is -1.28. The molecular weight excluding hydrogens is 244 g/mol. The van der Waals surface area contributed by atoms with E-state index in [1.807, 2.05) is 0 Å². The molecule has 1 aromatic carbocycles. The minimum Gasteiger partial charge on any atom is -0.361 e. The van der Waals surface area contributed by atoms with Crippen molar-refractivity contribution in [3.63, 3.8) is 0 Å². The molecule has 20 heavy (non-hydrogen) atoms. The number of fused-ring (bicyclic) bond motifs is 1.